The highest BCUT2D eigenvalue weighted by atomic mass is 16.5. The molecule has 1 fully saturated rings. The molecule has 1 saturated heterocycles. The zero-order valence-electron chi connectivity index (χ0n) is 15.0. The van der Waals surface area contributed by atoms with Crippen LogP contribution in [-0.2, 0) is 10.2 Å². The van der Waals surface area contributed by atoms with Gasteiger partial charge in [-0.1, -0.05) is 32.9 Å². The first-order valence-corrected chi connectivity index (χ1v) is 8.48. The lowest BCUT2D eigenvalue weighted by atomic mass is 9.86. The highest BCUT2D eigenvalue weighted by molar-refractivity contribution is 5.38. The number of ether oxygens (including phenoxy) is 2. The van der Waals surface area contributed by atoms with Crippen molar-refractivity contribution in [3.63, 3.8) is 0 Å². The van der Waals surface area contributed by atoms with Gasteiger partial charge in [-0.2, -0.15) is 0 Å². The van der Waals surface area contributed by atoms with Crippen molar-refractivity contribution < 1.29 is 14.4 Å². The summed E-state index contributed by atoms with van der Waals surface area (Å²) in [6.07, 6.45) is 0.707. The average molecular weight is 306 g/mol. The van der Waals surface area contributed by atoms with Crippen molar-refractivity contribution in [2.75, 3.05) is 26.2 Å². The summed E-state index contributed by atoms with van der Waals surface area (Å²) in [5, 5.41) is 0. The molecule has 1 heterocycles. The molecule has 1 aromatic carbocycles. The van der Waals surface area contributed by atoms with Gasteiger partial charge in [0.25, 0.3) is 0 Å². The van der Waals surface area contributed by atoms with Gasteiger partial charge in [0.05, 0.1) is 0 Å². The quantitative estimate of drug-likeness (QED) is 0.923. The summed E-state index contributed by atoms with van der Waals surface area (Å²) in [5.74, 6) is 1.02. The predicted octanol–water partition coefficient (Wildman–Crippen LogP) is 2.36. The summed E-state index contributed by atoms with van der Waals surface area (Å²) in [6, 6.07) is 6.56. The minimum atomic E-state index is 0.188. The molecule has 1 aromatic rings. The fraction of sp³-hybridized carbons (Fsp3) is 0.684. The molecular formula is C19H32NO2+. The van der Waals surface area contributed by atoms with Crippen molar-refractivity contribution in [3.8, 4) is 5.75 Å². The van der Waals surface area contributed by atoms with Crippen LogP contribution in [0.3, 0.4) is 0 Å². The van der Waals surface area contributed by atoms with Crippen molar-refractivity contribution in [2.24, 2.45) is 0 Å². The second-order valence-corrected chi connectivity index (χ2v) is 7.74. The van der Waals surface area contributed by atoms with E-state index in [4.69, 9.17) is 9.47 Å². The van der Waals surface area contributed by atoms with Crippen LogP contribution in [0.5, 0.6) is 5.75 Å². The number of quaternary nitrogens is 1. The Hall–Kier alpha value is -1.06. The maximum atomic E-state index is 6.02. The van der Waals surface area contributed by atoms with Crippen molar-refractivity contribution in [1.82, 2.24) is 0 Å². The largest absolute Gasteiger partial charge is 0.487 e. The Bertz CT molecular complexity index is 483. The SMILES string of the molecule is Cc1cc(C(C)(C)C)ccc1OCC[NH+]1C[C@@H](C)O[C@@H](C)C1. The van der Waals surface area contributed by atoms with E-state index < -0.39 is 0 Å². The predicted molar refractivity (Wildman–Crippen MR) is 90.9 cm³/mol. The van der Waals surface area contributed by atoms with Crippen LogP contribution in [0.2, 0.25) is 0 Å². The van der Waals surface area contributed by atoms with E-state index in [0.29, 0.717) is 12.2 Å². The van der Waals surface area contributed by atoms with Crippen LogP contribution in [0.4, 0.5) is 0 Å². The Balaban J connectivity index is 1.87. The molecule has 0 aromatic heterocycles. The first kappa shape index (κ1) is 17.3. The Morgan fingerprint density at radius 3 is 2.36 bits per heavy atom. The Morgan fingerprint density at radius 2 is 1.82 bits per heavy atom. The minimum Gasteiger partial charge on any atom is -0.487 e. The second-order valence-electron chi connectivity index (χ2n) is 7.74. The molecule has 0 bridgehead atoms. The molecule has 1 unspecified atom stereocenters. The lowest BCUT2D eigenvalue weighted by Gasteiger charge is -2.32. The molecule has 22 heavy (non-hydrogen) atoms. The van der Waals surface area contributed by atoms with E-state index in [9.17, 15) is 0 Å². The molecule has 3 atom stereocenters. The topological polar surface area (TPSA) is 22.9 Å². The summed E-state index contributed by atoms with van der Waals surface area (Å²) >= 11 is 0. The smallest absolute Gasteiger partial charge is 0.137 e. The van der Waals surface area contributed by atoms with Crippen LogP contribution >= 0.6 is 0 Å². The van der Waals surface area contributed by atoms with Crippen molar-refractivity contribution >= 4 is 0 Å². The normalized spacial score (nSPS) is 26.0. The maximum absolute atomic E-state index is 6.02. The van der Waals surface area contributed by atoms with Crippen LogP contribution < -0.4 is 9.64 Å². The Labute approximate surface area is 135 Å². The lowest BCUT2D eigenvalue weighted by molar-refractivity contribution is -0.915. The summed E-state index contributed by atoms with van der Waals surface area (Å²) < 4.78 is 11.8. The molecule has 0 radical (unpaired) electrons. The number of benzene rings is 1. The molecule has 0 amide bonds. The van der Waals surface area contributed by atoms with Gasteiger partial charge < -0.3 is 14.4 Å². The van der Waals surface area contributed by atoms with Gasteiger partial charge in [-0.3, -0.25) is 0 Å². The summed E-state index contributed by atoms with van der Waals surface area (Å²) in [6.45, 7) is 17.1. The van der Waals surface area contributed by atoms with Crippen LogP contribution in [0.1, 0.15) is 45.7 Å². The van der Waals surface area contributed by atoms with Crippen LogP contribution in [0.25, 0.3) is 0 Å². The number of nitrogens with one attached hydrogen (secondary N) is 1. The molecule has 2 rings (SSSR count). The molecule has 0 saturated carbocycles. The summed E-state index contributed by atoms with van der Waals surface area (Å²) in [7, 11) is 0. The fourth-order valence-electron chi connectivity index (χ4n) is 3.18. The Morgan fingerprint density at radius 1 is 1.18 bits per heavy atom. The van der Waals surface area contributed by atoms with Crippen LogP contribution in [0, 0.1) is 6.92 Å². The minimum absolute atomic E-state index is 0.188. The van der Waals surface area contributed by atoms with Crippen LogP contribution in [0.15, 0.2) is 18.2 Å². The van der Waals surface area contributed by atoms with Gasteiger partial charge in [0.15, 0.2) is 0 Å². The molecule has 1 aliphatic rings. The van der Waals surface area contributed by atoms with E-state index in [1.165, 1.54) is 11.1 Å². The summed E-state index contributed by atoms with van der Waals surface area (Å²) in [4.78, 5) is 1.58. The van der Waals surface area contributed by atoms with E-state index in [2.05, 4.69) is 59.7 Å². The van der Waals surface area contributed by atoms with Crippen molar-refractivity contribution in [2.45, 2.75) is 59.2 Å². The van der Waals surface area contributed by atoms with Gasteiger partial charge in [-0.05, 0) is 43.4 Å². The average Bonchev–Trinajstić information content (AvgIpc) is 2.38. The third-order valence-corrected chi connectivity index (χ3v) is 4.37. The number of morpholine rings is 1. The van der Waals surface area contributed by atoms with E-state index in [0.717, 1.165) is 32.0 Å². The molecule has 124 valence electrons. The zero-order chi connectivity index (χ0) is 16.3. The van der Waals surface area contributed by atoms with Crippen molar-refractivity contribution in [1.29, 1.82) is 0 Å². The zero-order valence-corrected chi connectivity index (χ0v) is 15.0. The number of rotatable bonds is 4. The molecule has 0 spiro atoms. The molecule has 3 heteroatoms. The van der Waals surface area contributed by atoms with E-state index >= 15 is 0 Å². The third-order valence-electron chi connectivity index (χ3n) is 4.37. The van der Waals surface area contributed by atoms with E-state index in [-0.39, 0.29) is 5.41 Å². The third kappa shape index (κ3) is 4.72. The molecular weight excluding hydrogens is 274 g/mol. The van der Waals surface area contributed by atoms with E-state index in [1.54, 1.807) is 4.90 Å². The standard InChI is InChI=1S/C19H31NO2/c1-14-11-17(19(4,5)6)7-8-18(14)21-10-9-20-12-15(2)22-16(3)13-20/h7-8,11,15-16H,9-10,12-13H2,1-6H3/p+1/t15-,16+. The van der Waals surface area contributed by atoms with Gasteiger partial charge in [0, 0.05) is 0 Å². The number of hydrogen-bond acceptors (Lipinski definition) is 2. The van der Waals surface area contributed by atoms with Crippen molar-refractivity contribution in [3.05, 3.63) is 29.3 Å². The monoisotopic (exact) mass is 306 g/mol. The molecule has 1 aliphatic heterocycles. The summed E-state index contributed by atoms with van der Waals surface area (Å²) in [5.41, 5.74) is 2.78. The maximum Gasteiger partial charge on any atom is 0.137 e. The second kappa shape index (κ2) is 7.01. The van der Waals surface area contributed by atoms with E-state index in [1.807, 2.05) is 0 Å². The van der Waals surface area contributed by atoms with Gasteiger partial charge >= 0.3 is 0 Å². The van der Waals surface area contributed by atoms with Gasteiger partial charge in [0.1, 0.15) is 44.2 Å². The van der Waals surface area contributed by atoms with Gasteiger partial charge in [-0.25, -0.2) is 0 Å². The molecule has 1 N–H and O–H groups in total. The Kier molecular flexibility index (Phi) is 5.51. The molecule has 3 nitrogen and oxygen atoms in total. The lowest BCUT2D eigenvalue weighted by Crippen LogP contribution is -3.16. The highest BCUT2D eigenvalue weighted by Gasteiger charge is 2.25. The first-order valence-electron chi connectivity index (χ1n) is 8.48. The number of hydrogen-bond donors (Lipinski definition) is 1. The van der Waals surface area contributed by atoms with Crippen LogP contribution in [-0.4, -0.2) is 38.4 Å². The highest BCUT2D eigenvalue weighted by Crippen LogP contribution is 2.27. The molecule has 0 aliphatic carbocycles. The number of aryl methyl sites for hydroxylation is 1. The first-order chi connectivity index (χ1) is 10.3. The van der Waals surface area contributed by atoms with Gasteiger partial charge in [-0.15, -0.1) is 0 Å². The fourth-order valence-corrected chi connectivity index (χ4v) is 3.18. The van der Waals surface area contributed by atoms with Gasteiger partial charge in [0.2, 0.25) is 0 Å².